The summed E-state index contributed by atoms with van der Waals surface area (Å²) in [6.45, 7) is 4.60. The van der Waals surface area contributed by atoms with Crippen LogP contribution in [-0.4, -0.2) is 0 Å². The monoisotopic (exact) mass is 256 g/mol. The molecule has 1 aromatic carbocycles. The molecule has 0 radical (unpaired) electrons. The Labute approximate surface area is 118 Å². The van der Waals surface area contributed by atoms with Crippen LogP contribution in [0.3, 0.4) is 0 Å². The summed E-state index contributed by atoms with van der Waals surface area (Å²) in [5, 5.41) is 0. The average Bonchev–Trinajstić information content (AvgIpc) is 2.49. The lowest BCUT2D eigenvalue weighted by Crippen LogP contribution is -2.44. The molecule has 0 saturated heterocycles. The van der Waals surface area contributed by atoms with E-state index in [1.54, 1.807) is 5.56 Å². The van der Waals surface area contributed by atoms with Crippen LogP contribution in [0.2, 0.25) is 0 Å². The summed E-state index contributed by atoms with van der Waals surface area (Å²) in [4.78, 5) is 0. The highest BCUT2D eigenvalue weighted by atomic mass is 14.5. The van der Waals surface area contributed by atoms with Gasteiger partial charge in [-0.2, -0.15) is 0 Å². The molecule has 0 aromatic heterocycles. The molecule has 19 heavy (non-hydrogen) atoms. The van der Waals surface area contributed by atoms with Gasteiger partial charge in [0, 0.05) is 0 Å². The second-order valence-electron chi connectivity index (χ2n) is 7.08. The minimum absolute atomic E-state index is 0.543. The van der Waals surface area contributed by atoms with Crippen LogP contribution in [0.4, 0.5) is 0 Å². The van der Waals surface area contributed by atoms with Crippen LogP contribution in [0.1, 0.15) is 76.3 Å². The number of aryl methyl sites for hydroxylation is 1. The largest absolute Gasteiger partial charge is 0.0654 e. The van der Waals surface area contributed by atoms with Crippen molar-refractivity contribution in [2.75, 3.05) is 0 Å². The van der Waals surface area contributed by atoms with Gasteiger partial charge in [-0.25, -0.2) is 0 Å². The molecule has 3 saturated carbocycles. The van der Waals surface area contributed by atoms with Gasteiger partial charge in [0.25, 0.3) is 0 Å². The lowest BCUT2D eigenvalue weighted by molar-refractivity contribution is 0.0320. The lowest BCUT2D eigenvalue weighted by atomic mass is 9.51. The van der Waals surface area contributed by atoms with E-state index in [9.17, 15) is 0 Å². The van der Waals surface area contributed by atoms with Crippen molar-refractivity contribution >= 4 is 0 Å². The topological polar surface area (TPSA) is 0 Å². The van der Waals surface area contributed by atoms with Gasteiger partial charge in [0.15, 0.2) is 0 Å². The van der Waals surface area contributed by atoms with E-state index in [0.717, 1.165) is 11.8 Å². The van der Waals surface area contributed by atoms with Gasteiger partial charge in [0.1, 0.15) is 0 Å². The number of fused-ring (bicyclic) bond motifs is 3. The van der Waals surface area contributed by atoms with Gasteiger partial charge in [-0.3, -0.25) is 0 Å². The summed E-state index contributed by atoms with van der Waals surface area (Å²) in [6.07, 6.45) is 12.8. The van der Waals surface area contributed by atoms with Crippen molar-refractivity contribution in [2.45, 2.75) is 77.0 Å². The third kappa shape index (κ3) is 2.24. The number of rotatable bonds is 4. The Balaban J connectivity index is 1.79. The molecule has 1 aromatic rings. The molecule has 0 aliphatic heterocycles. The van der Waals surface area contributed by atoms with E-state index < -0.39 is 0 Å². The van der Waals surface area contributed by atoms with Crippen molar-refractivity contribution in [1.82, 2.24) is 0 Å². The first kappa shape index (κ1) is 13.2. The predicted molar refractivity (Wildman–Crippen MR) is 82.5 cm³/mol. The first-order valence-corrected chi connectivity index (χ1v) is 8.31. The van der Waals surface area contributed by atoms with E-state index in [0.29, 0.717) is 5.41 Å². The Morgan fingerprint density at radius 3 is 1.89 bits per heavy atom. The minimum atomic E-state index is 0.543. The molecule has 0 unspecified atom stereocenters. The van der Waals surface area contributed by atoms with Gasteiger partial charge >= 0.3 is 0 Å². The van der Waals surface area contributed by atoms with Gasteiger partial charge in [-0.15, -0.1) is 0 Å². The van der Waals surface area contributed by atoms with Crippen LogP contribution < -0.4 is 0 Å². The molecule has 3 aliphatic rings. The maximum Gasteiger partial charge on any atom is -0.00463 e. The molecule has 0 heteroatoms. The minimum Gasteiger partial charge on any atom is -0.0654 e. The first-order chi connectivity index (χ1) is 9.22. The molecule has 0 atom stereocenters. The summed E-state index contributed by atoms with van der Waals surface area (Å²) in [5.74, 6) is 0. The van der Waals surface area contributed by atoms with Crippen LogP contribution in [0, 0.1) is 5.41 Å². The molecular formula is C19H28. The Hall–Kier alpha value is -0.780. The van der Waals surface area contributed by atoms with E-state index in [1.807, 2.05) is 0 Å². The van der Waals surface area contributed by atoms with Gasteiger partial charge in [0.05, 0.1) is 0 Å². The fraction of sp³-hybridized carbons (Fsp3) is 0.684. The maximum absolute atomic E-state index is 2.43. The Morgan fingerprint density at radius 2 is 1.42 bits per heavy atom. The third-order valence-corrected chi connectivity index (χ3v) is 6.16. The molecule has 0 N–H and O–H groups in total. The number of benzene rings is 1. The average molecular weight is 256 g/mol. The second kappa shape index (κ2) is 4.96. The summed E-state index contributed by atoms with van der Waals surface area (Å²) in [6, 6.07) is 9.56. The lowest BCUT2D eigenvalue weighted by Gasteiger charge is -2.54. The molecule has 0 amide bonds. The highest BCUT2D eigenvalue weighted by Crippen LogP contribution is 2.59. The Kier molecular flexibility index (Phi) is 3.45. The zero-order valence-electron chi connectivity index (χ0n) is 12.7. The van der Waals surface area contributed by atoms with E-state index in [-0.39, 0.29) is 0 Å². The number of hydrogen-bond donors (Lipinski definition) is 0. The fourth-order valence-electron chi connectivity index (χ4n) is 4.70. The van der Waals surface area contributed by atoms with E-state index in [4.69, 9.17) is 0 Å². The quantitative estimate of drug-likeness (QED) is 0.654. The highest BCUT2D eigenvalue weighted by Gasteiger charge is 2.48. The van der Waals surface area contributed by atoms with Crippen LogP contribution in [-0.2, 0) is 11.8 Å². The zero-order valence-corrected chi connectivity index (χ0v) is 12.7. The molecule has 0 nitrogen and oxygen atoms in total. The van der Waals surface area contributed by atoms with Crippen molar-refractivity contribution in [3.8, 4) is 0 Å². The molecular weight excluding hydrogens is 228 g/mol. The van der Waals surface area contributed by atoms with Gasteiger partial charge < -0.3 is 0 Å². The smallest absolute Gasteiger partial charge is 0.00463 e. The fourth-order valence-corrected chi connectivity index (χ4v) is 4.70. The van der Waals surface area contributed by atoms with Gasteiger partial charge in [-0.05, 0) is 73.3 Å². The Bertz CT molecular complexity index is 401. The SMILES string of the molecule is CCCC12CCC(c3ccc(CC)cc3)(CC1)CC2. The molecule has 3 fully saturated rings. The summed E-state index contributed by atoms with van der Waals surface area (Å²) < 4.78 is 0. The van der Waals surface area contributed by atoms with E-state index >= 15 is 0 Å². The van der Waals surface area contributed by atoms with Crippen LogP contribution in [0.15, 0.2) is 24.3 Å². The van der Waals surface area contributed by atoms with Crippen LogP contribution >= 0.6 is 0 Å². The van der Waals surface area contributed by atoms with Crippen molar-refractivity contribution in [1.29, 1.82) is 0 Å². The zero-order chi connectivity index (χ0) is 13.3. The Morgan fingerprint density at radius 1 is 0.842 bits per heavy atom. The normalized spacial score (nSPS) is 33.6. The highest BCUT2D eigenvalue weighted by molar-refractivity contribution is 5.31. The standard InChI is InChI=1S/C19H28/c1-3-9-18-10-13-19(14-11-18,15-12-18)17-7-5-16(4-2)6-8-17/h5-8H,3-4,9-15H2,1-2H3. The molecule has 104 valence electrons. The van der Waals surface area contributed by atoms with E-state index in [2.05, 4.69) is 38.1 Å². The molecule has 2 bridgehead atoms. The number of hydrogen-bond acceptors (Lipinski definition) is 0. The van der Waals surface area contributed by atoms with Gasteiger partial charge in [0.2, 0.25) is 0 Å². The van der Waals surface area contributed by atoms with Crippen molar-refractivity contribution < 1.29 is 0 Å². The molecule has 3 aliphatic carbocycles. The van der Waals surface area contributed by atoms with Gasteiger partial charge in [-0.1, -0.05) is 44.5 Å². The second-order valence-corrected chi connectivity index (χ2v) is 7.08. The molecule has 0 heterocycles. The van der Waals surface area contributed by atoms with Crippen molar-refractivity contribution in [2.24, 2.45) is 5.41 Å². The molecule has 0 spiro atoms. The van der Waals surface area contributed by atoms with Crippen molar-refractivity contribution in [3.63, 3.8) is 0 Å². The van der Waals surface area contributed by atoms with Crippen LogP contribution in [0.5, 0.6) is 0 Å². The molecule has 4 rings (SSSR count). The third-order valence-electron chi connectivity index (χ3n) is 6.16. The van der Waals surface area contributed by atoms with E-state index in [1.165, 1.54) is 56.9 Å². The predicted octanol–water partition coefficient (Wildman–Crippen LogP) is 5.64. The summed E-state index contributed by atoms with van der Waals surface area (Å²) >= 11 is 0. The summed E-state index contributed by atoms with van der Waals surface area (Å²) in [5.41, 5.74) is 4.39. The van der Waals surface area contributed by atoms with Crippen LogP contribution in [0.25, 0.3) is 0 Å². The summed E-state index contributed by atoms with van der Waals surface area (Å²) in [7, 11) is 0. The maximum atomic E-state index is 2.43. The first-order valence-electron chi connectivity index (χ1n) is 8.31. The van der Waals surface area contributed by atoms with Crippen molar-refractivity contribution in [3.05, 3.63) is 35.4 Å².